The number of anilines is 1. The first kappa shape index (κ1) is 10.8. The molecule has 0 spiro atoms. The number of nitrogens with one attached hydrogen (secondary N) is 1. The topological polar surface area (TPSA) is 63.8 Å². The summed E-state index contributed by atoms with van der Waals surface area (Å²) < 4.78 is 4.26. The van der Waals surface area contributed by atoms with Crippen LogP contribution < -0.4 is 11.1 Å². The van der Waals surface area contributed by atoms with Crippen LogP contribution in [0.2, 0.25) is 0 Å². The normalized spacial score (nSPS) is 25.7. The van der Waals surface area contributed by atoms with E-state index in [1.807, 2.05) is 0 Å². The molecule has 3 N–H and O–H groups in total. The lowest BCUT2D eigenvalue weighted by atomic mass is 10.0. The highest BCUT2D eigenvalue weighted by molar-refractivity contribution is 7.09. The molecule has 0 bridgehead atoms. The summed E-state index contributed by atoms with van der Waals surface area (Å²) in [5.74, 6) is 1.55. The standard InChI is InChI=1S/C10H18N4S/c1-2-9-13-10(15-14-9)12-8-5-3-4-7(8)6-11/h7-8H,2-6,11H2,1H3,(H,12,13,14). The van der Waals surface area contributed by atoms with Crippen LogP contribution in [0.3, 0.4) is 0 Å². The Morgan fingerprint density at radius 1 is 1.53 bits per heavy atom. The van der Waals surface area contributed by atoms with Gasteiger partial charge in [0.25, 0.3) is 0 Å². The van der Waals surface area contributed by atoms with Gasteiger partial charge in [-0.3, -0.25) is 0 Å². The highest BCUT2D eigenvalue weighted by atomic mass is 32.1. The lowest BCUT2D eigenvalue weighted by molar-refractivity contribution is 0.516. The molecule has 2 unspecified atom stereocenters. The quantitative estimate of drug-likeness (QED) is 0.819. The molecule has 2 rings (SSSR count). The van der Waals surface area contributed by atoms with Gasteiger partial charge in [0.2, 0.25) is 5.13 Å². The average molecular weight is 226 g/mol. The minimum Gasteiger partial charge on any atom is -0.357 e. The zero-order valence-corrected chi connectivity index (χ0v) is 9.89. The van der Waals surface area contributed by atoms with Gasteiger partial charge in [0.1, 0.15) is 5.82 Å². The predicted molar refractivity (Wildman–Crippen MR) is 63.1 cm³/mol. The Hall–Kier alpha value is -0.680. The van der Waals surface area contributed by atoms with Gasteiger partial charge in [-0.25, -0.2) is 4.98 Å². The minimum atomic E-state index is 0.507. The fourth-order valence-electron chi connectivity index (χ4n) is 2.12. The summed E-state index contributed by atoms with van der Waals surface area (Å²) in [5, 5.41) is 4.42. The first-order valence-electron chi connectivity index (χ1n) is 5.62. The van der Waals surface area contributed by atoms with Crippen LogP contribution in [0.1, 0.15) is 32.0 Å². The van der Waals surface area contributed by atoms with Gasteiger partial charge in [0.15, 0.2) is 0 Å². The fourth-order valence-corrected chi connectivity index (χ4v) is 2.84. The third-order valence-corrected chi connectivity index (χ3v) is 3.74. The van der Waals surface area contributed by atoms with Gasteiger partial charge in [0, 0.05) is 24.0 Å². The molecule has 0 aromatic carbocycles. The molecule has 0 amide bonds. The summed E-state index contributed by atoms with van der Waals surface area (Å²) in [4.78, 5) is 4.42. The van der Waals surface area contributed by atoms with Gasteiger partial charge in [-0.1, -0.05) is 13.3 Å². The second-order valence-corrected chi connectivity index (χ2v) is 4.80. The van der Waals surface area contributed by atoms with Crippen molar-refractivity contribution < 1.29 is 0 Å². The Labute approximate surface area is 94.5 Å². The summed E-state index contributed by atoms with van der Waals surface area (Å²) in [6, 6.07) is 0.507. The number of nitrogens with zero attached hydrogens (tertiary/aromatic N) is 2. The van der Waals surface area contributed by atoms with E-state index in [9.17, 15) is 0 Å². The lowest BCUT2D eigenvalue weighted by Gasteiger charge is -2.18. The smallest absolute Gasteiger partial charge is 0.202 e. The molecular weight excluding hydrogens is 208 g/mol. The molecule has 1 aromatic heterocycles. The third-order valence-electron chi connectivity index (χ3n) is 3.06. The summed E-state index contributed by atoms with van der Waals surface area (Å²) in [6.45, 7) is 2.85. The van der Waals surface area contributed by atoms with Crippen LogP contribution in [0.4, 0.5) is 5.13 Å². The Balaban J connectivity index is 1.95. The number of hydrogen-bond donors (Lipinski definition) is 2. The average Bonchev–Trinajstić information content (AvgIpc) is 2.87. The van der Waals surface area contributed by atoms with Crippen molar-refractivity contribution in [2.75, 3.05) is 11.9 Å². The van der Waals surface area contributed by atoms with Gasteiger partial charge in [-0.15, -0.1) is 0 Å². The maximum Gasteiger partial charge on any atom is 0.202 e. The Bertz CT molecular complexity index is 312. The van der Waals surface area contributed by atoms with Crippen LogP contribution >= 0.6 is 11.5 Å². The molecule has 1 fully saturated rings. The van der Waals surface area contributed by atoms with Gasteiger partial charge in [0.05, 0.1) is 0 Å². The van der Waals surface area contributed by atoms with E-state index in [2.05, 4.69) is 21.6 Å². The van der Waals surface area contributed by atoms with Gasteiger partial charge < -0.3 is 11.1 Å². The van der Waals surface area contributed by atoms with Crippen molar-refractivity contribution >= 4 is 16.7 Å². The van der Waals surface area contributed by atoms with Gasteiger partial charge in [-0.05, 0) is 25.3 Å². The number of aryl methyl sites for hydroxylation is 1. The van der Waals surface area contributed by atoms with Crippen molar-refractivity contribution in [3.05, 3.63) is 5.82 Å². The monoisotopic (exact) mass is 226 g/mol. The molecule has 0 aliphatic heterocycles. The molecule has 1 aliphatic carbocycles. The van der Waals surface area contributed by atoms with E-state index in [-0.39, 0.29) is 0 Å². The first-order chi connectivity index (χ1) is 7.33. The van der Waals surface area contributed by atoms with E-state index >= 15 is 0 Å². The molecule has 0 radical (unpaired) electrons. The predicted octanol–water partition coefficient (Wildman–Crippen LogP) is 1.64. The highest BCUT2D eigenvalue weighted by Crippen LogP contribution is 2.28. The van der Waals surface area contributed by atoms with Crippen molar-refractivity contribution in [3.8, 4) is 0 Å². The first-order valence-corrected chi connectivity index (χ1v) is 6.40. The van der Waals surface area contributed by atoms with Crippen molar-refractivity contribution in [1.29, 1.82) is 0 Å². The van der Waals surface area contributed by atoms with E-state index in [1.165, 1.54) is 30.8 Å². The molecule has 0 saturated heterocycles. The summed E-state index contributed by atoms with van der Waals surface area (Å²) in [5.41, 5.74) is 5.74. The van der Waals surface area contributed by atoms with Crippen LogP contribution in [0, 0.1) is 5.92 Å². The summed E-state index contributed by atoms with van der Waals surface area (Å²) >= 11 is 1.46. The highest BCUT2D eigenvalue weighted by Gasteiger charge is 2.26. The maximum absolute atomic E-state index is 5.74. The summed E-state index contributed by atoms with van der Waals surface area (Å²) in [6.07, 6.45) is 4.64. The minimum absolute atomic E-state index is 0.507. The van der Waals surface area contributed by atoms with Crippen LogP contribution in [0.15, 0.2) is 0 Å². The second kappa shape index (κ2) is 4.90. The Morgan fingerprint density at radius 2 is 2.40 bits per heavy atom. The van der Waals surface area contributed by atoms with Crippen molar-refractivity contribution in [2.24, 2.45) is 11.7 Å². The Kier molecular flexibility index (Phi) is 3.53. The number of hydrogen-bond acceptors (Lipinski definition) is 5. The third kappa shape index (κ3) is 2.46. The summed E-state index contributed by atoms with van der Waals surface area (Å²) in [7, 11) is 0. The van der Waals surface area contributed by atoms with Crippen molar-refractivity contribution in [3.63, 3.8) is 0 Å². The number of rotatable bonds is 4. The van der Waals surface area contributed by atoms with Crippen molar-refractivity contribution in [2.45, 2.75) is 38.6 Å². The van der Waals surface area contributed by atoms with Crippen LogP contribution in [-0.4, -0.2) is 21.9 Å². The van der Waals surface area contributed by atoms with Crippen LogP contribution in [-0.2, 0) is 6.42 Å². The molecule has 84 valence electrons. The number of aromatic nitrogens is 2. The van der Waals surface area contributed by atoms with E-state index in [0.29, 0.717) is 12.0 Å². The molecular formula is C10H18N4S. The van der Waals surface area contributed by atoms with E-state index in [0.717, 1.165) is 23.9 Å². The molecule has 4 nitrogen and oxygen atoms in total. The van der Waals surface area contributed by atoms with E-state index < -0.39 is 0 Å². The fraction of sp³-hybridized carbons (Fsp3) is 0.800. The maximum atomic E-state index is 5.74. The van der Waals surface area contributed by atoms with Crippen LogP contribution in [0.5, 0.6) is 0 Å². The van der Waals surface area contributed by atoms with Crippen molar-refractivity contribution in [1.82, 2.24) is 9.36 Å². The molecule has 1 saturated carbocycles. The lowest BCUT2D eigenvalue weighted by Crippen LogP contribution is -2.29. The zero-order valence-electron chi connectivity index (χ0n) is 9.07. The van der Waals surface area contributed by atoms with Crippen LogP contribution in [0.25, 0.3) is 0 Å². The Morgan fingerprint density at radius 3 is 3.07 bits per heavy atom. The molecule has 1 heterocycles. The molecule has 5 heteroatoms. The van der Waals surface area contributed by atoms with Gasteiger partial charge in [-0.2, -0.15) is 4.37 Å². The van der Waals surface area contributed by atoms with E-state index in [4.69, 9.17) is 5.73 Å². The molecule has 1 aromatic rings. The van der Waals surface area contributed by atoms with Gasteiger partial charge >= 0.3 is 0 Å². The molecule has 15 heavy (non-hydrogen) atoms. The largest absolute Gasteiger partial charge is 0.357 e. The number of nitrogens with two attached hydrogens (primary N) is 1. The SMILES string of the molecule is CCc1nsc(NC2CCCC2CN)n1. The van der Waals surface area contributed by atoms with E-state index in [1.54, 1.807) is 0 Å². The molecule has 2 atom stereocenters. The second-order valence-electron chi connectivity index (χ2n) is 4.05. The molecule has 1 aliphatic rings. The zero-order chi connectivity index (χ0) is 10.7.